The Balaban J connectivity index is 1.51. The number of hydrogen-bond acceptors (Lipinski definition) is 3. The Hall–Kier alpha value is -1.39. The number of piperazine rings is 1. The molecule has 132 valence electrons. The number of benzene rings is 1. The summed E-state index contributed by atoms with van der Waals surface area (Å²) in [5.41, 5.74) is 2.61. The molecule has 0 aliphatic carbocycles. The minimum absolute atomic E-state index is 0.156. The first-order chi connectivity index (χ1) is 11.7. The van der Waals surface area contributed by atoms with E-state index in [4.69, 9.17) is 0 Å². The van der Waals surface area contributed by atoms with Gasteiger partial charge in [0.1, 0.15) is 5.82 Å². The third kappa shape index (κ3) is 4.37. The first kappa shape index (κ1) is 17.4. The molecule has 1 unspecified atom stereocenters. The molecule has 1 atom stereocenters. The van der Waals surface area contributed by atoms with Gasteiger partial charge in [-0.05, 0) is 57.5 Å². The van der Waals surface area contributed by atoms with Gasteiger partial charge in [-0.15, -0.1) is 0 Å². The lowest BCUT2D eigenvalue weighted by Crippen LogP contribution is -2.55. The van der Waals surface area contributed by atoms with E-state index in [2.05, 4.69) is 34.6 Å². The van der Waals surface area contributed by atoms with Crippen molar-refractivity contribution >= 4 is 5.69 Å². The molecule has 2 fully saturated rings. The Morgan fingerprint density at radius 2 is 1.83 bits per heavy atom. The minimum Gasteiger partial charge on any atom is -0.369 e. The monoisotopic (exact) mass is 331 g/mol. The zero-order valence-electron chi connectivity index (χ0n) is 15.0. The van der Waals surface area contributed by atoms with E-state index < -0.39 is 0 Å². The molecule has 2 heterocycles. The highest BCUT2D eigenvalue weighted by Crippen LogP contribution is 2.21. The average molecular weight is 331 g/mol. The predicted molar refractivity (Wildman–Crippen MR) is 99.1 cm³/mol. The second-order valence-electron chi connectivity index (χ2n) is 7.17. The fraction of sp³-hybridized carbons (Fsp3) is 0.600. The van der Waals surface area contributed by atoms with Crippen LogP contribution in [0.15, 0.2) is 35.9 Å². The minimum atomic E-state index is -0.156. The molecule has 2 aliphatic heterocycles. The summed E-state index contributed by atoms with van der Waals surface area (Å²) in [6, 6.07) is 7.61. The summed E-state index contributed by atoms with van der Waals surface area (Å²) in [5, 5.41) is 0. The molecule has 3 rings (SSSR count). The molecule has 2 aliphatic rings. The zero-order chi connectivity index (χ0) is 16.9. The van der Waals surface area contributed by atoms with Crippen molar-refractivity contribution in [1.82, 2.24) is 9.80 Å². The van der Waals surface area contributed by atoms with Crippen LogP contribution in [0.25, 0.3) is 0 Å². The molecule has 0 aromatic heterocycles. The van der Waals surface area contributed by atoms with E-state index in [-0.39, 0.29) is 5.82 Å². The molecule has 3 nitrogen and oxygen atoms in total. The number of piperidine rings is 1. The van der Waals surface area contributed by atoms with Gasteiger partial charge in [0.25, 0.3) is 0 Å². The molecular formula is C20H30FN3. The molecule has 0 saturated carbocycles. The molecular weight excluding hydrogens is 301 g/mol. The lowest BCUT2D eigenvalue weighted by Gasteiger charge is -2.44. The van der Waals surface area contributed by atoms with Crippen molar-refractivity contribution < 1.29 is 4.39 Å². The molecule has 24 heavy (non-hydrogen) atoms. The smallest absolute Gasteiger partial charge is 0.123 e. The number of likely N-dealkylation sites (tertiary alicyclic amines) is 1. The maximum absolute atomic E-state index is 13.1. The predicted octanol–water partition coefficient (Wildman–Crippen LogP) is 3.38. The van der Waals surface area contributed by atoms with E-state index in [9.17, 15) is 4.39 Å². The Kier molecular flexibility index (Phi) is 5.90. The number of allylic oxidation sites excluding steroid dienone is 1. The summed E-state index contributed by atoms with van der Waals surface area (Å²) in [6.45, 7) is 12.2. The van der Waals surface area contributed by atoms with Crippen molar-refractivity contribution in [2.45, 2.75) is 32.7 Å². The molecule has 1 aromatic rings. The Labute approximate surface area is 145 Å². The third-order valence-corrected chi connectivity index (χ3v) is 5.47. The summed E-state index contributed by atoms with van der Waals surface area (Å²) in [7, 11) is 0. The van der Waals surface area contributed by atoms with Crippen molar-refractivity contribution in [2.75, 3.05) is 50.7 Å². The molecule has 2 saturated heterocycles. The van der Waals surface area contributed by atoms with Crippen molar-refractivity contribution in [3.05, 3.63) is 41.7 Å². The Morgan fingerprint density at radius 1 is 1.12 bits per heavy atom. The van der Waals surface area contributed by atoms with Crippen molar-refractivity contribution in [3.63, 3.8) is 0 Å². The molecule has 0 amide bonds. The van der Waals surface area contributed by atoms with Crippen LogP contribution in [0.2, 0.25) is 0 Å². The number of nitrogens with zero attached hydrogens (tertiary/aromatic N) is 3. The van der Waals surface area contributed by atoms with E-state index in [1.807, 2.05) is 12.1 Å². The lowest BCUT2D eigenvalue weighted by molar-refractivity contribution is 0.0977. The van der Waals surface area contributed by atoms with E-state index in [1.165, 1.54) is 31.5 Å². The van der Waals surface area contributed by atoms with Gasteiger partial charge in [0.2, 0.25) is 0 Å². The van der Waals surface area contributed by atoms with Crippen LogP contribution in [0.4, 0.5) is 10.1 Å². The van der Waals surface area contributed by atoms with Crippen LogP contribution in [0.3, 0.4) is 0 Å². The third-order valence-electron chi connectivity index (χ3n) is 5.47. The van der Waals surface area contributed by atoms with E-state index in [0.717, 1.165) is 38.4 Å². The van der Waals surface area contributed by atoms with Gasteiger partial charge in [-0.2, -0.15) is 0 Å². The quantitative estimate of drug-likeness (QED) is 0.783. The van der Waals surface area contributed by atoms with Crippen LogP contribution in [0.1, 0.15) is 26.7 Å². The number of anilines is 1. The molecule has 4 heteroatoms. The highest BCUT2D eigenvalue weighted by molar-refractivity contribution is 5.46. The van der Waals surface area contributed by atoms with Crippen LogP contribution >= 0.6 is 0 Å². The summed E-state index contributed by atoms with van der Waals surface area (Å²) in [4.78, 5) is 7.65. The maximum Gasteiger partial charge on any atom is 0.123 e. The maximum atomic E-state index is 13.1. The number of halogens is 1. The highest BCUT2D eigenvalue weighted by atomic mass is 19.1. The van der Waals surface area contributed by atoms with Crippen LogP contribution in [-0.2, 0) is 0 Å². The van der Waals surface area contributed by atoms with Gasteiger partial charge in [-0.3, -0.25) is 9.80 Å². The molecule has 0 radical (unpaired) electrons. The lowest BCUT2D eigenvalue weighted by atomic mass is 10.0. The SMILES string of the molecule is C/C=C(\C)CN1CCCC(N2CCN(c3ccc(F)cc3)CC2)C1. The van der Waals surface area contributed by atoms with E-state index >= 15 is 0 Å². The van der Waals surface area contributed by atoms with Crippen LogP contribution in [0.5, 0.6) is 0 Å². The zero-order valence-corrected chi connectivity index (χ0v) is 15.0. The summed E-state index contributed by atoms with van der Waals surface area (Å²) >= 11 is 0. The molecule has 0 spiro atoms. The highest BCUT2D eigenvalue weighted by Gasteiger charge is 2.28. The normalized spacial score (nSPS) is 24.4. The summed E-state index contributed by atoms with van der Waals surface area (Å²) in [5.74, 6) is -0.156. The van der Waals surface area contributed by atoms with Gasteiger partial charge in [-0.1, -0.05) is 11.6 Å². The first-order valence-electron chi connectivity index (χ1n) is 9.24. The fourth-order valence-corrected chi connectivity index (χ4v) is 3.91. The molecule has 0 N–H and O–H groups in total. The Bertz CT molecular complexity index is 547. The van der Waals surface area contributed by atoms with Gasteiger partial charge < -0.3 is 4.90 Å². The number of hydrogen-bond donors (Lipinski definition) is 0. The second kappa shape index (κ2) is 8.13. The number of rotatable bonds is 4. The van der Waals surface area contributed by atoms with Gasteiger partial charge in [0.05, 0.1) is 0 Å². The van der Waals surface area contributed by atoms with Gasteiger partial charge in [0, 0.05) is 51.0 Å². The topological polar surface area (TPSA) is 9.72 Å². The first-order valence-corrected chi connectivity index (χ1v) is 9.24. The Morgan fingerprint density at radius 3 is 2.50 bits per heavy atom. The van der Waals surface area contributed by atoms with E-state index in [0.29, 0.717) is 6.04 Å². The van der Waals surface area contributed by atoms with Crippen molar-refractivity contribution in [1.29, 1.82) is 0 Å². The van der Waals surface area contributed by atoms with Gasteiger partial charge in [-0.25, -0.2) is 4.39 Å². The van der Waals surface area contributed by atoms with Crippen LogP contribution < -0.4 is 4.90 Å². The van der Waals surface area contributed by atoms with Crippen molar-refractivity contribution in [3.8, 4) is 0 Å². The van der Waals surface area contributed by atoms with Crippen LogP contribution in [0, 0.1) is 5.82 Å². The van der Waals surface area contributed by atoms with Gasteiger partial charge >= 0.3 is 0 Å². The van der Waals surface area contributed by atoms with Crippen LogP contribution in [-0.4, -0.2) is 61.7 Å². The standard InChI is InChI=1S/C20H30FN3/c1-3-17(2)15-22-10-4-5-20(16-22)24-13-11-23(12-14-24)19-8-6-18(21)7-9-19/h3,6-9,20H,4-5,10-16H2,1-2H3/b17-3+. The largest absolute Gasteiger partial charge is 0.369 e. The van der Waals surface area contributed by atoms with E-state index in [1.54, 1.807) is 12.1 Å². The molecule has 0 bridgehead atoms. The summed E-state index contributed by atoms with van der Waals surface area (Å²) in [6.07, 6.45) is 4.85. The second-order valence-corrected chi connectivity index (χ2v) is 7.17. The fourth-order valence-electron chi connectivity index (χ4n) is 3.91. The van der Waals surface area contributed by atoms with Crippen molar-refractivity contribution in [2.24, 2.45) is 0 Å². The summed E-state index contributed by atoms with van der Waals surface area (Å²) < 4.78 is 13.1. The molecule has 1 aromatic carbocycles. The average Bonchev–Trinajstić information content (AvgIpc) is 2.63. The van der Waals surface area contributed by atoms with Gasteiger partial charge in [0.15, 0.2) is 0 Å².